The minimum atomic E-state index is -0.276. The second-order valence-electron chi connectivity index (χ2n) is 8.80. The maximum Gasteiger partial charge on any atom is 0.223 e. The summed E-state index contributed by atoms with van der Waals surface area (Å²) in [6.07, 6.45) is 5.63. The Bertz CT molecular complexity index is 1520. The summed E-state index contributed by atoms with van der Waals surface area (Å²) in [5.74, 6) is 1.56. The van der Waals surface area contributed by atoms with E-state index in [4.69, 9.17) is 9.97 Å². The van der Waals surface area contributed by atoms with Crippen molar-refractivity contribution in [2.45, 2.75) is 32.4 Å². The van der Waals surface area contributed by atoms with Crippen LogP contribution in [0.3, 0.4) is 0 Å². The third-order valence-corrected chi connectivity index (χ3v) is 6.56. The maximum atomic E-state index is 13.7. The van der Waals surface area contributed by atoms with Gasteiger partial charge in [0.1, 0.15) is 17.4 Å². The molecule has 0 bridgehead atoms. The maximum absolute atomic E-state index is 13.7. The summed E-state index contributed by atoms with van der Waals surface area (Å²) in [6, 6.07) is 16.0. The Labute approximate surface area is 201 Å². The summed E-state index contributed by atoms with van der Waals surface area (Å²) in [4.78, 5) is 14.1. The number of anilines is 1. The minimum absolute atomic E-state index is 0.170. The molecule has 0 saturated carbocycles. The first-order valence-corrected chi connectivity index (χ1v) is 11.8. The molecule has 0 fully saturated rings. The average Bonchev–Trinajstić information content (AvgIpc) is 3.54. The second kappa shape index (κ2) is 8.54. The molecule has 8 heteroatoms. The highest BCUT2D eigenvalue weighted by Crippen LogP contribution is 2.40. The summed E-state index contributed by atoms with van der Waals surface area (Å²) in [6.45, 7) is 3.49. The molecule has 0 saturated heterocycles. The van der Waals surface area contributed by atoms with Gasteiger partial charge in [0.15, 0.2) is 0 Å². The lowest BCUT2D eigenvalue weighted by molar-refractivity contribution is 0.459. The molecule has 4 heterocycles. The third-order valence-electron chi connectivity index (χ3n) is 6.56. The molecule has 2 aromatic carbocycles. The van der Waals surface area contributed by atoms with Crippen LogP contribution in [0.2, 0.25) is 0 Å². The summed E-state index contributed by atoms with van der Waals surface area (Å²) >= 11 is 0. The molecule has 0 amide bonds. The number of halogens is 1. The van der Waals surface area contributed by atoms with Crippen molar-refractivity contribution < 1.29 is 9.50 Å². The number of aromatic nitrogens is 5. The zero-order valence-corrected chi connectivity index (χ0v) is 19.3. The number of hydrogen-bond acceptors (Lipinski definition) is 5. The average molecular weight is 469 g/mol. The van der Waals surface area contributed by atoms with Crippen molar-refractivity contribution >= 4 is 16.9 Å². The van der Waals surface area contributed by atoms with Crippen molar-refractivity contribution in [2.24, 2.45) is 0 Å². The van der Waals surface area contributed by atoms with Gasteiger partial charge in [0.2, 0.25) is 5.95 Å². The van der Waals surface area contributed by atoms with E-state index in [-0.39, 0.29) is 17.6 Å². The Morgan fingerprint density at radius 2 is 1.94 bits per heavy atom. The van der Waals surface area contributed by atoms with E-state index in [1.54, 1.807) is 30.5 Å². The van der Waals surface area contributed by atoms with Gasteiger partial charge in [-0.3, -0.25) is 0 Å². The summed E-state index contributed by atoms with van der Waals surface area (Å²) in [5.41, 5.74) is 4.43. The molecule has 0 radical (unpaired) electrons. The highest BCUT2D eigenvalue weighted by atomic mass is 19.1. The number of nitrogens with zero attached hydrogens (tertiary/aromatic N) is 5. The van der Waals surface area contributed by atoms with Gasteiger partial charge in [0, 0.05) is 48.4 Å². The van der Waals surface area contributed by atoms with Crippen LogP contribution in [0.1, 0.15) is 25.2 Å². The van der Waals surface area contributed by atoms with E-state index in [0.29, 0.717) is 5.95 Å². The molecule has 1 aliphatic heterocycles. The van der Waals surface area contributed by atoms with Gasteiger partial charge >= 0.3 is 0 Å². The van der Waals surface area contributed by atoms with Crippen molar-refractivity contribution in [1.29, 1.82) is 0 Å². The van der Waals surface area contributed by atoms with Crippen LogP contribution in [0.15, 0.2) is 67.0 Å². The van der Waals surface area contributed by atoms with Gasteiger partial charge in [-0.25, -0.2) is 19.3 Å². The van der Waals surface area contributed by atoms with Crippen LogP contribution < -0.4 is 5.32 Å². The molecule has 1 unspecified atom stereocenters. The highest BCUT2D eigenvalue weighted by Gasteiger charge is 2.31. The fourth-order valence-electron chi connectivity index (χ4n) is 5.01. The molecule has 6 rings (SSSR count). The van der Waals surface area contributed by atoms with E-state index in [9.17, 15) is 9.50 Å². The molecular formula is C27H25FN6O. The SMILES string of the molecule is CCNc1nccc(-c2c(-c3ccc(F)cc3)nc3n2C(Cn2ccc4cc(O)ccc42)CC3)n1. The largest absolute Gasteiger partial charge is 0.508 e. The van der Waals surface area contributed by atoms with E-state index in [1.165, 1.54) is 12.1 Å². The van der Waals surface area contributed by atoms with Crippen LogP contribution in [-0.4, -0.2) is 35.7 Å². The van der Waals surface area contributed by atoms with Crippen LogP contribution in [0.4, 0.5) is 10.3 Å². The topological polar surface area (TPSA) is 80.8 Å². The van der Waals surface area contributed by atoms with Gasteiger partial charge in [-0.1, -0.05) is 0 Å². The van der Waals surface area contributed by atoms with Gasteiger partial charge in [0.25, 0.3) is 0 Å². The quantitative estimate of drug-likeness (QED) is 0.348. The molecule has 1 atom stereocenters. The van der Waals surface area contributed by atoms with Crippen molar-refractivity contribution in [3.8, 4) is 28.4 Å². The first-order chi connectivity index (χ1) is 17.1. The number of fused-ring (bicyclic) bond motifs is 2. The Morgan fingerprint density at radius 1 is 1.09 bits per heavy atom. The highest BCUT2D eigenvalue weighted by molar-refractivity contribution is 5.82. The van der Waals surface area contributed by atoms with Crippen molar-refractivity contribution in [3.63, 3.8) is 0 Å². The van der Waals surface area contributed by atoms with E-state index in [0.717, 1.165) is 65.3 Å². The molecule has 1 aliphatic rings. The van der Waals surface area contributed by atoms with Gasteiger partial charge in [-0.05, 0) is 67.9 Å². The Balaban J connectivity index is 1.47. The van der Waals surface area contributed by atoms with Crippen molar-refractivity contribution in [2.75, 3.05) is 11.9 Å². The molecule has 3 aromatic heterocycles. The fraction of sp³-hybridized carbons (Fsp3) is 0.222. The van der Waals surface area contributed by atoms with Crippen LogP contribution in [0, 0.1) is 5.82 Å². The van der Waals surface area contributed by atoms with E-state index >= 15 is 0 Å². The van der Waals surface area contributed by atoms with Crippen LogP contribution in [0.5, 0.6) is 5.75 Å². The lowest BCUT2D eigenvalue weighted by atomic mass is 10.1. The molecule has 5 aromatic rings. The van der Waals surface area contributed by atoms with Crippen LogP contribution >= 0.6 is 0 Å². The number of phenols is 1. The molecule has 176 valence electrons. The molecular weight excluding hydrogens is 443 g/mol. The first-order valence-electron chi connectivity index (χ1n) is 11.8. The van der Waals surface area contributed by atoms with Crippen molar-refractivity contribution in [3.05, 3.63) is 78.6 Å². The Hall–Kier alpha value is -4.20. The number of aryl methyl sites for hydroxylation is 1. The third kappa shape index (κ3) is 3.80. The van der Waals surface area contributed by atoms with Gasteiger partial charge < -0.3 is 19.6 Å². The monoisotopic (exact) mass is 468 g/mol. The number of benzene rings is 2. The first kappa shape index (κ1) is 21.3. The summed E-state index contributed by atoms with van der Waals surface area (Å²) in [5, 5.41) is 14.0. The zero-order chi connectivity index (χ0) is 23.9. The lowest BCUT2D eigenvalue weighted by Crippen LogP contribution is -2.14. The van der Waals surface area contributed by atoms with E-state index < -0.39 is 0 Å². The van der Waals surface area contributed by atoms with Crippen molar-refractivity contribution in [1.82, 2.24) is 24.1 Å². The van der Waals surface area contributed by atoms with Crippen LogP contribution in [-0.2, 0) is 13.0 Å². The second-order valence-corrected chi connectivity index (χ2v) is 8.80. The Kier molecular flexibility index (Phi) is 5.21. The molecule has 0 spiro atoms. The van der Waals surface area contributed by atoms with Crippen LogP contribution in [0.25, 0.3) is 33.5 Å². The summed E-state index contributed by atoms with van der Waals surface area (Å²) in [7, 11) is 0. The predicted octanol–water partition coefficient (Wildman–Crippen LogP) is 5.43. The zero-order valence-electron chi connectivity index (χ0n) is 19.3. The smallest absolute Gasteiger partial charge is 0.223 e. The Morgan fingerprint density at radius 3 is 2.77 bits per heavy atom. The fourth-order valence-corrected chi connectivity index (χ4v) is 5.01. The lowest BCUT2D eigenvalue weighted by Gasteiger charge is -2.19. The number of imidazole rings is 1. The summed E-state index contributed by atoms with van der Waals surface area (Å²) < 4.78 is 18.2. The number of hydrogen-bond donors (Lipinski definition) is 2. The van der Waals surface area contributed by atoms with E-state index in [2.05, 4.69) is 25.6 Å². The van der Waals surface area contributed by atoms with Gasteiger partial charge in [-0.15, -0.1) is 0 Å². The molecule has 7 nitrogen and oxygen atoms in total. The number of nitrogens with one attached hydrogen (secondary N) is 1. The minimum Gasteiger partial charge on any atom is -0.508 e. The van der Waals surface area contributed by atoms with Gasteiger partial charge in [-0.2, -0.15) is 0 Å². The molecule has 0 aliphatic carbocycles. The van der Waals surface area contributed by atoms with Gasteiger partial charge in [0.05, 0.1) is 23.1 Å². The van der Waals surface area contributed by atoms with E-state index in [1.807, 2.05) is 25.1 Å². The molecule has 2 N–H and O–H groups in total. The number of aromatic hydroxyl groups is 1. The predicted molar refractivity (Wildman–Crippen MR) is 134 cm³/mol. The normalized spacial score (nSPS) is 15.0. The number of phenolic OH excluding ortho intramolecular Hbond substituents is 1. The molecule has 35 heavy (non-hydrogen) atoms. The standard InChI is InChI=1S/C27H25FN6O/c1-2-29-27-30-13-11-22(31-27)26-25(17-3-5-19(28)6-4-17)32-24-10-7-20(34(24)26)16-33-14-12-18-15-21(35)8-9-23(18)33/h3-6,8-9,11-15,20,35H,2,7,10,16H2,1H3,(H,29,30,31). The number of rotatable bonds is 6.